The Kier molecular flexibility index (Phi) is 12.3. The van der Waals surface area contributed by atoms with E-state index in [-0.39, 0.29) is 24.7 Å². The fourth-order valence-corrected chi connectivity index (χ4v) is 3.15. The molecule has 22 heavy (non-hydrogen) atoms. The van der Waals surface area contributed by atoms with Crippen LogP contribution < -0.4 is 0 Å². The summed E-state index contributed by atoms with van der Waals surface area (Å²) in [6, 6.07) is 0. The maximum absolute atomic E-state index is 9.43. The molecule has 1 N–H and O–H groups in total. The summed E-state index contributed by atoms with van der Waals surface area (Å²) in [7, 11) is 0. The lowest BCUT2D eigenvalue weighted by Gasteiger charge is -2.40. The van der Waals surface area contributed by atoms with E-state index < -0.39 is 5.79 Å². The highest BCUT2D eigenvalue weighted by atomic mass is 16.7. The van der Waals surface area contributed by atoms with Gasteiger partial charge in [-0.05, 0) is 47.5 Å². The molecule has 1 unspecified atom stereocenters. The van der Waals surface area contributed by atoms with Gasteiger partial charge in [0.25, 0.3) is 0 Å². The van der Waals surface area contributed by atoms with Crippen LogP contribution in [0.25, 0.3) is 0 Å². The fourth-order valence-electron chi connectivity index (χ4n) is 3.15. The van der Waals surface area contributed by atoms with Gasteiger partial charge in [0.15, 0.2) is 5.79 Å². The summed E-state index contributed by atoms with van der Waals surface area (Å²) < 4.78 is 12.3. The summed E-state index contributed by atoms with van der Waals surface area (Å²) in [5.41, 5.74) is 0. The maximum Gasteiger partial charge on any atom is 0.169 e. The first-order chi connectivity index (χ1) is 10.4. The largest absolute Gasteiger partial charge is 0.396 e. The molecule has 0 saturated carbocycles. The SMILES string of the molecule is CCCCCCCCC(CCO)C(C)(OC(C)C)OC(C)C. The van der Waals surface area contributed by atoms with Gasteiger partial charge in [0.05, 0.1) is 12.2 Å². The zero-order valence-electron chi connectivity index (χ0n) is 15.9. The molecule has 0 aromatic heterocycles. The third kappa shape index (κ3) is 9.81. The summed E-state index contributed by atoms with van der Waals surface area (Å²) in [4.78, 5) is 0. The lowest BCUT2D eigenvalue weighted by atomic mass is 9.89. The van der Waals surface area contributed by atoms with E-state index in [4.69, 9.17) is 9.47 Å². The van der Waals surface area contributed by atoms with E-state index in [1.807, 2.05) is 34.6 Å². The van der Waals surface area contributed by atoms with Crippen molar-refractivity contribution < 1.29 is 14.6 Å². The third-order valence-corrected chi connectivity index (χ3v) is 4.06. The molecule has 134 valence electrons. The average Bonchev–Trinajstić information content (AvgIpc) is 2.39. The second-order valence-electron chi connectivity index (χ2n) is 7.11. The fraction of sp³-hybridized carbons (Fsp3) is 1.00. The highest BCUT2D eigenvalue weighted by Crippen LogP contribution is 2.33. The molecule has 3 heteroatoms. The van der Waals surface area contributed by atoms with E-state index in [0.29, 0.717) is 0 Å². The Labute approximate surface area is 138 Å². The number of aliphatic hydroxyl groups excluding tert-OH is 1. The van der Waals surface area contributed by atoms with Crippen molar-refractivity contribution in [3.05, 3.63) is 0 Å². The molecule has 0 fully saturated rings. The predicted molar refractivity (Wildman–Crippen MR) is 94.0 cm³/mol. The molecule has 0 aliphatic carbocycles. The molecule has 3 nitrogen and oxygen atoms in total. The van der Waals surface area contributed by atoms with Crippen molar-refractivity contribution in [1.29, 1.82) is 0 Å². The highest BCUT2D eigenvalue weighted by Gasteiger charge is 2.37. The second-order valence-corrected chi connectivity index (χ2v) is 7.11. The standard InChI is InChI=1S/C19H40O3/c1-7-8-9-10-11-12-13-18(14-15-20)19(6,21-16(2)3)22-17(4)5/h16-18,20H,7-15H2,1-6H3. The van der Waals surface area contributed by atoms with Crippen molar-refractivity contribution in [3.63, 3.8) is 0 Å². The Balaban J connectivity index is 4.54. The van der Waals surface area contributed by atoms with Gasteiger partial charge >= 0.3 is 0 Å². The first-order valence-corrected chi connectivity index (χ1v) is 9.32. The van der Waals surface area contributed by atoms with Gasteiger partial charge in [0.1, 0.15) is 0 Å². The van der Waals surface area contributed by atoms with Crippen molar-refractivity contribution in [2.24, 2.45) is 5.92 Å². The van der Waals surface area contributed by atoms with Crippen molar-refractivity contribution in [2.45, 2.75) is 111 Å². The second kappa shape index (κ2) is 12.3. The molecule has 0 aromatic rings. The van der Waals surface area contributed by atoms with Crippen molar-refractivity contribution >= 4 is 0 Å². The van der Waals surface area contributed by atoms with Crippen molar-refractivity contribution in [1.82, 2.24) is 0 Å². The Morgan fingerprint density at radius 1 is 0.818 bits per heavy atom. The van der Waals surface area contributed by atoms with E-state index >= 15 is 0 Å². The Hall–Kier alpha value is -0.120. The normalized spacial score (nSPS) is 14.0. The van der Waals surface area contributed by atoms with Gasteiger partial charge in [-0.1, -0.05) is 45.4 Å². The highest BCUT2D eigenvalue weighted by molar-refractivity contribution is 4.77. The number of ether oxygens (including phenoxy) is 2. The summed E-state index contributed by atoms with van der Waals surface area (Å²) in [6.07, 6.45) is 9.77. The molecule has 0 aromatic carbocycles. The summed E-state index contributed by atoms with van der Waals surface area (Å²) in [6.45, 7) is 12.7. The number of hydrogen-bond acceptors (Lipinski definition) is 3. The zero-order valence-corrected chi connectivity index (χ0v) is 15.9. The van der Waals surface area contributed by atoms with Crippen LogP contribution in [-0.4, -0.2) is 29.7 Å². The van der Waals surface area contributed by atoms with Crippen LogP contribution in [0.2, 0.25) is 0 Å². The molecule has 0 aliphatic rings. The minimum atomic E-state index is -0.603. The van der Waals surface area contributed by atoms with Gasteiger partial charge < -0.3 is 14.6 Å². The van der Waals surface area contributed by atoms with E-state index in [0.717, 1.165) is 12.8 Å². The molecule has 0 amide bonds. The molecule has 0 spiro atoms. The van der Waals surface area contributed by atoms with E-state index in [1.54, 1.807) is 0 Å². The van der Waals surface area contributed by atoms with Gasteiger partial charge in [0.2, 0.25) is 0 Å². The Morgan fingerprint density at radius 3 is 1.77 bits per heavy atom. The van der Waals surface area contributed by atoms with Gasteiger partial charge in [-0.3, -0.25) is 0 Å². The smallest absolute Gasteiger partial charge is 0.169 e. The summed E-state index contributed by atoms with van der Waals surface area (Å²) in [5.74, 6) is -0.359. The number of hydrogen-bond donors (Lipinski definition) is 1. The Bertz CT molecular complexity index is 241. The van der Waals surface area contributed by atoms with E-state index in [2.05, 4.69) is 6.92 Å². The van der Waals surface area contributed by atoms with Crippen molar-refractivity contribution in [3.8, 4) is 0 Å². The molecule has 0 aliphatic heterocycles. The maximum atomic E-state index is 9.43. The van der Waals surface area contributed by atoms with Crippen LogP contribution in [0, 0.1) is 5.92 Å². The van der Waals surface area contributed by atoms with Crippen LogP contribution in [0.4, 0.5) is 0 Å². The first-order valence-electron chi connectivity index (χ1n) is 9.32. The van der Waals surface area contributed by atoms with E-state index in [9.17, 15) is 5.11 Å². The summed E-state index contributed by atoms with van der Waals surface area (Å²) >= 11 is 0. The molecule has 0 heterocycles. The lowest BCUT2D eigenvalue weighted by molar-refractivity contribution is -0.288. The van der Waals surface area contributed by atoms with Gasteiger partial charge in [0, 0.05) is 12.5 Å². The summed E-state index contributed by atoms with van der Waals surface area (Å²) in [5, 5.41) is 9.43. The van der Waals surface area contributed by atoms with Crippen LogP contribution in [0.3, 0.4) is 0 Å². The molecule has 0 rings (SSSR count). The van der Waals surface area contributed by atoms with Gasteiger partial charge in [-0.25, -0.2) is 0 Å². The average molecular weight is 317 g/mol. The number of unbranched alkanes of at least 4 members (excludes halogenated alkanes) is 5. The van der Waals surface area contributed by atoms with Gasteiger partial charge in [-0.15, -0.1) is 0 Å². The van der Waals surface area contributed by atoms with Crippen LogP contribution in [0.1, 0.15) is 92.9 Å². The molecule has 1 atom stereocenters. The van der Waals surface area contributed by atoms with E-state index in [1.165, 1.54) is 38.5 Å². The molecule has 0 saturated heterocycles. The Morgan fingerprint density at radius 2 is 1.32 bits per heavy atom. The third-order valence-electron chi connectivity index (χ3n) is 4.06. The minimum absolute atomic E-state index is 0.120. The molecule has 0 radical (unpaired) electrons. The molecule has 0 bridgehead atoms. The van der Waals surface area contributed by atoms with Crippen LogP contribution in [0.5, 0.6) is 0 Å². The van der Waals surface area contributed by atoms with Crippen LogP contribution in [-0.2, 0) is 9.47 Å². The molecular weight excluding hydrogens is 276 g/mol. The number of rotatable bonds is 14. The zero-order chi connectivity index (χ0) is 17.0. The quantitative estimate of drug-likeness (QED) is 0.349. The predicted octanol–water partition coefficient (Wildman–Crippen LogP) is 5.30. The monoisotopic (exact) mass is 316 g/mol. The first kappa shape index (κ1) is 21.9. The van der Waals surface area contributed by atoms with Crippen LogP contribution in [0.15, 0.2) is 0 Å². The number of aliphatic hydroxyl groups is 1. The van der Waals surface area contributed by atoms with Gasteiger partial charge in [-0.2, -0.15) is 0 Å². The minimum Gasteiger partial charge on any atom is -0.396 e. The topological polar surface area (TPSA) is 38.7 Å². The lowest BCUT2D eigenvalue weighted by Crippen LogP contribution is -2.44. The van der Waals surface area contributed by atoms with Crippen LogP contribution >= 0.6 is 0 Å². The molecular formula is C19H40O3. The van der Waals surface area contributed by atoms with Crippen molar-refractivity contribution in [2.75, 3.05) is 6.61 Å².